The smallest absolute Gasteiger partial charge is 0.406 e. The number of unbranched alkanes of at least 4 members (excludes halogenated alkanes) is 2. The van der Waals surface area contributed by atoms with Crippen LogP contribution in [0.4, 0.5) is 4.79 Å². The van der Waals surface area contributed by atoms with Crippen molar-refractivity contribution in [2.75, 3.05) is 20.3 Å². The number of carbonyl (C=O) groups is 2. The molecule has 0 aromatic heterocycles. The number of hydrogen-bond donors (Lipinski definition) is 1. The third-order valence-electron chi connectivity index (χ3n) is 6.18. The molecule has 0 saturated heterocycles. The van der Waals surface area contributed by atoms with Crippen molar-refractivity contribution in [1.29, 1.82) is 0 Å². The molecule has 0 spiro atoms. The minimum absolute atomic E-state index is 0.0428. The van der Waals surface area contributed by atoms with E-state index >= 15 is 0 Å². The van der Waals surface area contributed by atoms with Gasteiger partial charge in [-0.15, -0.1) is 11.8 Å². The average molecular weight is 508 g/mol. The van der Waals surface area contributed by atoms with Crippen molar-refractivity contribution in [3.8, 4) is 11.8 Å². The Kier molecular flexibility index (Phi) is 12.5. The number of nitrogens with one attached hydrogen (secondary N) is 1. The first-order chi connectivity index (χ1) is 17.3. The number of rotatable bonds is 13. The van der Waals surface area contributed by atoms with Crippen LogP contribution in [0.25, 0.3) is 0 Å². The number of hydrogen-bond acceptors (Lipinski definition) is 4. The van der Waals surface area contributed by atoms with E-state index in [0.29, 0.717) is 32.4 Å². The molecule has 0 aliphatic heterocycles. The monoisotopic (exact) mass is 507 g/mol. The third kappa shape index (κ3) is 8.96. The van der Waals surface area contributed by atoms with Crippen molar-refractivity contribution in [1.82, 2.24) is 5.32 Å². The van der Waals surface area contributed by atoms with Gasteiger partial charge in [0.05, 0.1) is 7.11 Å². The number of alkyl carbamates (subject to hydrolysis) is 1. The molecule has 5 nitrogen and oxygen atoms in total. The van der Waals surface area contributed by atoms with E-state index in [1.165, 1.54) is 17.5 Å². The molecule has 6 heteroatoms. The van der Waals surface area contributed by atoms with Gasteiger partial charge in [-0.3, -0.25) is 4.79 Å². The summed E-state index contributed by atoms with van der Waals surface area (Å²) in [5.74, 6) is 6.71. The number of methoxy groups -OCH3 is 1. The molecule has 2 rings (SSSR count). The highest BCUT2D eigenvalue weighted by atomic mass is 28.4. The van der Waals surface area contributed by atoms with Gasteiger partial charge >= 0.3 is 6.09 Å². The zero-order valence-corrected chi connectivity index (χ0v) is 23.3. The molecule has 0 aliphatic carbocycles. The number of ketones is 1. The Morgan fingerprint density at radius 3 is 1.94 bits per heavy atom. The lowest BCUT2D eigenvalue weighted by Gasteiger charge is -2.43. The van der Waals surface area contributed by atoms with E-state index in [1.807, 2.05) is 0 Å². The van der Waals surface area contributed by atoms with Crippen molar-refractivity contribution in [2.45, 2.75) is 70.8 Å². The predicted molar refractivity (Wildman–Crippen MR) is 149 cm³/mol. The number of carbonyl (C=O) groups excluding carboxylic acids is 2. The summed E-state index contributed by atoms with van der Waals surface area (Å²) in [5, 5.41) is 5.13. The molecule has 194 valence electrons. The third-order valence-corrected chi connectivity index (χ3v) is 11.2. The zero-order valence-electron chi connectivity index (χ0n) is 22.3. The minimum atomic E-state index is -2.51. The van der Waals surface area contributed by atoms with Crippen LogP contribution in [0.3, 0.4) is 0 Å². The largest absolute Gasteiger partial charge is 0.453 e. The van der Waals surface area contributed by atoms with E-state index in [9.17, 15) is 9.59 Å². The van der Waals surface area contributed by atoms with Gasteiger partial charge in [0, 0.05) is 38.8 Å². The topological polar surface area (TPSA) is 64.6 Å². The average Bonchev–Trinajstić information content (AvgIpc) is 2.87. The Bertz CT molecular complexity index is 951. The Hall–Kier alpha value is -2.88. The first-order valence-corrected chi connectivity index (χ1v) is 14.8. The molecule has 0 bridgehead atoms. The van der Waals surface area contributed by atoms with Gasteiger partial charge in [0.15, 0.2) is 0 Å². The predicted octanol–water partition coefficient (Wildman–Crippen LogP) is 5.22. The SMILES string of the molecule is COC(=O)NCCCCC(=O)CCCC#CCCO[Si](c1ccccc1)(c1ccccc1)C(C)(C)C. The van der Waals surface area contributed by atoms with Gasteiger partial charge in [-0.2, -0.15) is 0 Å². The molecule has 2 aromatic rings. The highest BCUT2D eigenvalue weighted by molar-refractivity contribution is 6.99. The second-order valence-corrected chi connectivity index (χ2v) is 14.2. The first kappa shape index (κ1) is 29.3. The van der Waals surface area contributed by atoms with Crippen LogP contribution >= 0.6 is 0 Å². The van der Waals surface area contributed by atoms with E-state index in [2.05, 4.69) is 103 Å². The summed E-state index contributed by atoms with van der Waals surface area (Å²) in [6.45, 7) is 7.94. The molecule has 0 unspecified atom stereocenters. The van der Waals surface area contributed by atoms with E-state index in [-0.39, 0.29) is 10.8 Å². The van der Waals surface area contributed by atoms with Crippen LogP contribution in [0.1, 0.15) is 65.7 Å². The standard InChI is InChI=1S/C30H41NO4Si/c1-30(2,3)36(27-20-11-8-12-21-27,28-22-13-9-14-23-28)35-25-17-7-5-6-10-18-26(32)19-15-16-24-31-29(33)34-4/h8-9,11-14,20-23H,6,10,15-19,24-25H2,1-4H3,(H,31,33). The van der Waals surface area contributed by atoms with Crippen LogP contribution < -0.4 is 15.7 Å². The maximum Gasteiger partial charge on any atom is 0.406 e. The van der Waals surface area contributed by atoms with Crippen LogP contribution in [-0.4, -0.2) is 40.5 Å². The summed E-state index contributed by atoms with van der Waals surface area (Å²) in [6, 6.07) is 21.3. The van der Waals surface area contributed by atoms with E-state index in [4.69, 9.17) is 4.43 Å². The van der Waals surface area contributed by atoms with Gasteiger partial charge in [-0.1, -0.05) is 81.4 Å². The second kappa shape index (κ2) is 15.3. The van der Waals surface area contributed by atoms with Crippen LogP contribution in [0.15, 0.2) is 60.7 Å². The Balaban J connectivity index is 1.82. The normalized spacial score (nSPS) is 11.3. The molecule has 0 fully saturated rings. The summed E-state index contributed by atoms with van der Waals surface area (Å²) in [7, 11) is -1.17. The molecule has 1 amide bonds. The highest BCUT2D eigenvalue weighted by Gasteiger charge is 2.49. The molecule has 0 atom stereocenters. The fourth-order valence-electron chi connectivity index (χ4n) is 4.40. The summed E-state index contributed by atoms with van der Waals surface area (Å²) < 4.78 is 11.4. The lowest BCUT2D eigenvalue weighted by Crippen LogP contribution is -2.66. The molecule has 0 aliphatic rings. The maximum atomic E-state index is 12.0. The molecular formula is C30H41NO4Si. The van der Waals surface area contributed by atoms with Crippen molar-refractivity contribution >= 4 is 30.6 Å². The molecule has 2 aromatic carbocycles. The van der Waals surface area contributed by atoms with Gasteiger partial charge < -0.3 is 14.5 Å². The molecular weight excluding hydrogens is 466 g/mol. The van der Waals surface area contributed by atoms with Crippen molar-refractivity contribution < 1.29 is 18.8 Å². The van der Waals surface area contributed by atoms with Crippen LogP contribution in [0.5, 0.6) is 0 Å². The summed E-state index contributed by atoms with van der Waals surface area (Å²) in [5.41, 5.74) is 0. The van der Waals surface area contributed by atoms with Crippen LogP contribution in [-0.2, 0) is 14.0 Å². The Labute approximate surface area is 218 Å². The molecule has 0 saturated carbocycles. The number of Topliss-reactive ketones (excluding diaryl/α,β-unsaturated/α-hetero) is 1. The molecule has 0 heterocycles. The van der Waals surface area contributed by atoms with Gasteiger partial charge in [0.25, 0.3) is 8.32 Å². The Morgan fingerprint density at radius 1 is 0.833 bits per heavy atom. The highest BCUT2D eigenvalue weighted by Crippen LogP contribution is 2.36. The quantitative estimate of drug-likeness (QED) is 0.229. The molecule has 1 N–H and O–H groups in total. The maximum absolute atomic E-state index is 12.0. The number of ether oxygens (including phenoxy) is 1. The summed E-state index contributed by atoms with van der Waals surface area (Å²) in [6.07, 6.45) is 4.37. The summed E-state index contributed by atoms with van der Waals surface area (Å²) in [4.78, 5) is 23.0. The van der Waals surface area contributed by atoms with Crippen molar-refractivity contribution in [2.24, 2.45) is 0 Å². The fourth-order valence-corrected chi connectivity index (χ4v) is 8.97. The van der Waals surface area contributed by atoms with Gasteiger partial charge in [-0.25, -0.2) is 4.79 Å². The second-order valence-electron chi connectivity index (χ2n) is 9.88. The van der Waals surface area contributed by atoms with Crippen molar-refractivity contribution in [3.05, 3.63) is 60.7 Å². The van der Waals surface area contributed by atoms with Gasteiger partial charge in [-0.05, 0) is 34.7 Å². The van der Waals surface area contributed by atoms with Crippen molar-refractivity contribution in [3.63, 3.8) is 0 Å². The molecule has 36 heavy (non-hydrogen) atoms. The van der Waals surface area contributed by atoms with E-state index in [0.717, 1.165) is 25.7 Å². The van der Waals surface area contributed by atoms with Crippen LogP contribution in [0.2, 0.25) is 5.04 Å². The zero-order chi connectivity index (χ0) is 26.3. The van der Waals surface area contributed by atoms with Gasteiger partial charge in [0.2, 0.25) is 0 Å². The van der Waals surface area contributed by atoms with E-state index < -0.39 is 14.4 Å². The Morgan fingerprint density at radius 2 is 1.39 bits per heavy atom. The minimum Gasteiger partial charge on any atom is -0.453 e. The number of benzene rings is 2. The molecule has 0 radical (unpaired) electrons. The lowest BCUT2D eigenvalue weighted by molar-refractivity contribution is -0.119. The fraction of sp³-hybridized carbons (Fsp3) is 0.467. The van der Waals surface area contributed by atoms with Gasteiger partial charge in [0.1, 0.15) is 5.78 Å². The summed E-state index contributed by atoms with van der Waals surface area (Å²) >= 11 is 0. The lowest BCUT2D eigenvalue weighted by atomic mass is 10.1. The van der Waals surface area contributed by atoms with Crippen LogP contribution in [0, 0.1) is 11.8 Å². The first-order valence-electron chi connectivity index (χ1n) is 12.9. The number of amides is 1. The van der Waals surface area contributed by atoms with E-state index in [1.54, 1.807) is 0 Å².